The fourth-order valence-electron chi connectivity index (χ4n) is 2.83. The zero-order valence-electron chi connectivity index (χ0n) is 13.5. The number of nitrogens with zero attached hydrogens (tertiary/aromatic N) is 2. The monoisotopic (exact) mass is 373 g/mol. The molecule has 0 atom stereocenters. The molecule has 0 fully saturated rings. The molecule has 0 unspecified atom stereocenters. The summed E-state index contributed by atoms with van der Waals surface area (Å²) in [4.78, 5) is 4.36. The third kappa shape index (κ3) is 3.17. The third-order valence-electron chi connectivity index (χ3n) is 4.08. The maximum absolute atomic E-state index is 13.1. The highest BCUT2D eigenvalue weighted by Crippen LogP contribution is 2.33. The topological polar surface area (TPSA) is 29.9 Å². The van der Waals surface area contributed by atoms with Crippen LogP contribution in [0.15, 0.2) is 66.3 Å². The smallest absolute Gasteiger partial charge is 0.380 e. The van der Waals surface area contributed by atoms with Crippen molar-refractivity contribution >= 4 is 28.1 Å². The number of alkyl halides is 3. The average molecular weight is 373 g/mol. The van der Waals surface area contributed by atoms with Crippen LogP contribution in [0.1, 0.15) is 11.1 Å². The number of aromatic nitrogens is 2. The molecule has 26 heavy (non-hydrogen) atoms. The summed E-state index contributed by atoms with van der Waals surface area (Å²) >= 11 is 1.51. The van der Waals surface area contributed by atoms with Crippen LogP contribution in [-0.2, 0) is 12.7 Å². The van der Waals surface area contributed by atoms with E-state index in [4.69, 9.17) is 0 Å². The van der Waals surface area contributed by atoms with Gasteiger partial charge in [-0.2, -0.15) is 13.2 Å². The zero-order valence-corrected chi connectivity index (χ0v) is 14.3. The van der Waals surface area contributed by atoms with E-state index in [2.05, 4.69) is 10.3 Å². The van der Waals surface area contributed by atoms with Crippen molar-refractivity contribution in [3.8, 4) is 5.00 Å². The number of hydrogen-bond donors (Lipinski definition) is 1. The van der Waals surface area contributed by atoms with Crippen molar-refractivity contribution in [2.24, 2.45) is 0 Å². The molecular formula is C19H14F3N3S. The van der Waals surface area contributed by atoms with E-state index in [1.165, 1.54) is 23.5 Å². The Balaban J connectivity index is 1.55. The summed E-state index contributed by atoms with van der Waals surface area (Å²) in [5, 5.41) is 5.92. The molecule has 132 valence electrons. The fourth-order valence-corrected chi connectivity index (χ4v) is 3.68. The quantitative estimate of drug-likeness (QED) is 0.496. The van der Waals surface area contributed by atoms with Gasteiger partial charge in [0.2, 0.25) is 0 Å². The van der Waals surface area contributed by atoms with Crippen molar-refractivity contribution in [1.82, 2.24) is 9.55 Å². The van der Waals surface area contributed by atoms with Crippen LogP contribution >= 0.6 is 11.3 Å². The molecule has 0 aliphatic rings. The first kappa shape index (κ1) is 16.7. The van der Waals surface area contributed by atoms with Crippen LogP contribution < -0.4 is 5.32 Å². The lowest BCUT2D eigenvalue weighted by molar-refractivity contribution is -0.138. The van der Waals surface area contributed by atoms with Gasteiger partial charge >= 0.3 is 6.18 Å². The zero-order chi connectivity index (χ0) is 18.1. The second-order valence-corrected chi connectivity index (χ2v) is 6.68. The van der Waals surface area contributed by atoms with E-state index in [1.54, 1.807) is 12.4 Å². The molecule has 4 aromatic rings. The lowest BCUT2D eigenvalue weighted by atomic mass is 10.1. The number of fused-ring (bicyclic) bond motifs is 1. The molecule has 3 nitrogen and oxygen atoms in total. The number of benzene rings is 2. The van der Waals surface area contributed by atoms with Gasteiger partial charge in [0.15, 0.2) is 0 Å². The molecule has 0 saturated heterocycles. The van der Waals surface area contributed by atoms with E-state index in [-0.39, 0.29) is 12.1 Å². The molecule has 1 N–H and O–H groups in total. The first-order valence-electron chi connectivity index (χ1n) is 7.92. The summed E-state index contributed by atoms with van der Waals surface area (Å²) in [6, 6.07) is 15.3. The molecular weight excluding hydrogens is 359 g/mol. The van der Waals surface area contributed by atoms with E-state index in [9.17, 15) is 13.2 Å². The maximum atomic E-state index is 13.1. The van der Waals surface area contributed by atoms with E-state index < -0.39 is 11.7 Å². The molecule has 0 saturated carbocycles. The summed E-state index contributed by atoms with van der Waals surface area (Å²) in [6.45, 7) is 0.108. The number of rotatable bonds is 4. The summed E-state index contributed by atoms with van der Waals surface area (Å²) in [7, 11) is 0. The highest BCUT2D eigenvalue weighted by molar-refractivity contribution is 7.13. The summed E-state index contributed by atoms with van der Waals surface area (Å²) < 4.78 is 41.2. The van der Waals surface area contributed by atoms with Gasteiger partial charge in [-0.05, 0) is 29.8 Å². The van der Waals surface area contributed by atoms with E-state index in [1.807, 2.05) is 40.3 Å². The predicted octanol–water partition coefficient (Wildman–Crippen LogP) is 5.72. The largest absolute Gasteiger partial charge is 0.416 e. The Morgan fingerprint density at radius 2 is 1.81 bits per heavy atom. The lowest BCUT2D eigenvalue weighted by Gasteiger charge is -2.13. The SMILES string of the molecule is FC(F)(F)c1ccccc1CNc1csc(-n2cnc3ccccc32)c1. The fraction of sp³-hybridized carbons (Fsp3) is 0.105. The molecule has 0 bridgehead atoms. The maximum Gasteiger partial charge on any atom is 0.416 e. The van der Waals surface area contributed by atoms with Gasteiger partial charge in [-0.3, -0.25) is 4.57 Å². The van der Waals surface area contributed by atoms with Gasteiger partial charge in [0.1, 0.15) is 11.3 Å². The highest BCUT2D eigenvalue weighted by Gasteiger charge is 2.32. The molecule has 2 heterocycles. The van der Waals surface area contributed by atoms with Crippen LogP contribution in [-0.4, -0.2) is 9.55 Å². The predicted molar refractivity (Wildman–Crippen MR) is 97.7 cm³/mol. The van der Waals surface area contributed by atoms with Crippen LogP contribution in [0.5, 0.6) is 0 Å². The van der Waals surface area contributed by atoms with Gasteiger partial charge in [-0.25, -0.2) is 4.98 Å². The third-order valence-corrected chi connectivity index (χ3v) is 5.01. The Labute approximate surface area is 151 Å². The molecule has 0 radical (unpaired) electrons. The van der Waals surface area contributed by atoms with Crippen molar-refractivity contribution in [2.75, 3.05) is 5.32 Å². The Morgan fingerprint density at radius 3 is 2.65 bits per heavy atom. The van der Waals surface area contributed by atoms with E-state index >= 15 is 0 Å². The van der Waals surface area contributed by atoms with Crippen molar-refractivity contribution in [1.29, 1.82) is 0 Å². The summed E-state index contributed by atoms with van der Waals surface area (Å²) in [5.41, 5.74) is 2.28. The molecule has 7 heteroatoms. The van der Waals surface area contributed by atoms with E-state index in [0.29, 0.717) is 0 Å². The van der Waals surface area contributed by atoms with Crippen molar-refractivity contribution in [3.05, 3.63) is 77.4 Å². The Kier molecular flexibility index (Phi) is 4.16. The highest BCUT2D eigenvalue weighted by atomic mass is 32.1. The first-order chi connectivity index (χ1) is 12.5. The minimum Gasteiger partial charge on any atom is -0.380 e. The molecule has 0 aliphatic heterocycles. The van der Waals surface area contributed by atoms with Crippen LogP contribution in [0.4, 0.5) is 18.9 Å². The van der Waals surface area contributed by atoms with Crippen molar-refractivity contribution < 1.29 is 13.2 Å². The molecule has 2 aromatic carbocycles. The van der Waals surface area contributed by atoms with Gasteiger partial charge in [-0.1, -0.05) is 30.3 Å². The van der Waals surface area contributed by atoms with Gasteiger partial charge in [-0.15, -0.1) is 11.3 Å². The number of halogens is 3. The molecule has 0 amide bonds. The van der Waals surface area contributed by atoms with Crippen LogP contribution in [0.25, 0.3) is 16.0 Å². The Morgan fingerprint density at radius 1 is 1.04 bits per heavy atom. The van der Waals surface area contributed by atoms with Crippen molar-refractivity contribution in [2.45, 2.75) is 12.7 Å². The first-order valence-corrected chi connectivity index (χ1v) is 8.80. The van der Waals surface area contributed by atoms with Crippen LogP contribution in [0.2, 0.25) is 0 Å². The number of imidazole rings is 1. The summed E-state index contributed by atoms with van der Waals surface area (Å²) in [6.07, 6.45) is -2.60. The number of hydrogen-bond acceptors (Lipinski definition) is 3. The second-order valence-electron chi connectivity index (χ2n) is 5.79. The molecule has 2 aromatic heterocycles. The second kappa shape index (κ2) is 6.49. The lowest BCUT2D eigenvalue weighted by Crippen LogP contribution is -2.11. The molecule has 4 rings (SSSR count). The summed E-state index contributed by atoms with van der Waals surface area (Å²) in [5.74, 6) is 0. The van der Waals surface area contributed by atoms with Crippen molar-refractivity contribution in [3.63, 3.8) is 0 Å². The van der Waals surface area contributed by atoms with Gasteiger partial charge in [0.25, 0.3) is 0 Å². The van der Waals surface area contributed by atoms with Crippen LogP contribution in [0, 0.1) is 0 Å². The minimum atomic E-state index is -4.35. The minimum absolute atomic E-state index is 0.108. The molecule has 0 aliphatic carbocycles. The Bertz CT molecular complexity index is 1050. The number of nitrogens with one attached hydrogen (secondary N) is 1. The average Bonchev–Trinajstić information content (AvgIpc) is 3.26. The standard InChI is InChI=1S/C19H14F3N3S/c20-19(21,22)15-6-2-1-5-13(15)10-23-14-9-18(26-11-14)25-12-24-16-7-3-4-8-17(16)25/h1-9,11-12,23H,10H2. The Hall–Kier alpha value is -2.80. The number of anilines is 1. The number of thiophene rings is 1. The van der Waals surface area contributed by atoms with Gasteiger partial charge in [0.05, 0.1) is 16.6 Å². The van der Waals surface area contributed by atoms with Gasteiger partial charge < -0.3 is 5.32 Å². The molecule has 0 spiro atoms. The number of para-hydroxylation sites is 2. The van der Waals surface area contributed by atoms with Gasteiger partial charge in [0, 0.05) is 17.6 Å². The normalized spacial score (nSPS) is 11.8. The van der Waals surface area contributed by atoms with Crippen LogP contribution in [0.3, 0.4) is 0 Å². The van der Waals surface area contributed by atoms with E-state index in [0.717, 1.165) is 27.8 Å².